The zero-order valence-electron chi connectivity index (χ0n) is 36.8. The highest BCUT2D eigenvalue weighted by atomic mass is 79.9. The molecule has 312 valence electrons. The van der Waals surface area contributed by atoms with Gasteiger partial charge in [0, 0.05) is 41.9 Å². The summed E-state index contributed by atoms with van der Waals surface area (Å²) in [5, 5.41) is 4.73. The maximum absolute atomic E-state index is 3.87. The maximum Gasteiger partial charge on any atom is 0.0618 e. The van der Waals surface area contributed by atoms with Gasteiger partial charge in [0.15, 0.2) is 0 Å². The van der Waals surface area contributed by atoms with Crippen molar-refractivity contribution in [3.63, 3.8) is 0 Å². The van der Waals surface area contributed by atoms with Crippen LogP contribution < -0.4 is 4.90 Å². The van der Waals surface area contributed by atoms with Crippen LogP contribution in [0.15, 0.2) is 209 Å². The number of anilines is 3. The van der Waals surface area contributed by atoms with E-state index < -0.39 is 0 Å². The normalized spacial score (nSPS) is 13.9. The van der Waals surface area contributed by atoms with Crippen LogP contribution in [-0.4, -0.2) is 0 Å². The first kappa shape index (κ1) is 40.0. The standard InChI is InChI=1S/C62H45Br2N/c1-61(2)55-16-10-8-14-47(55)49-30-22-41(34-57(49)61)38-18-26-45(27-19-38)65(46-28-20-39(21-29-46)42-23-31-50-48-15-9-11-17-56(48)62(3,4)58(50)35-42)60-51-32-24-43(63)36-53(51)59(40-12-6-5-7-13-40)54-37-44(64)25-33-52(54)60/h5-37H,1-4H3. The highest BCUT2D eigenvalue weighted by Crippen LogP contribution is 2.53. The van der Waals surface area contributed by atoms with E-state index in [4.69, 9.17) is 0 Å². The van der Waals surface area contributed by atoms with Crippen LogP contribution in [-0.2, 0) is 10.8 Å². The molecule has 10 aromatic rings. The summed E-state index contributed by atoms with van der Waals surface area (Å²) in [4.78, 5) is 2.47. The Morgan fingerprint density at radius 3 is 1.18 bits per heavy atom. The molecule has 12 rings (SSSR count). The molecule has 2 aliphatic rings. The van der Waals surface area contributed by atoms with Gasteiger partial charge in [-0.05, 0) is 149 Å². The van der Waals surface area contributed by atoms with Crippen molar-refractivity contribution in [2.24, 2.45) is 0 Å². The number of hydrogen-bond acceptors (Lipinski definition) is 1. The first-order valence-corrected chi connectivity index (χ1v) is 24.0. The van der Waals surface area contributed by atoms with Crippen molar-refractivity contribution >= 4 is 70.5 Å². The fourth-order valence-corrected chi connectivity index (χ4v) is 11.8. The summed E-state index contributed by atoms with van der Waals surface area (Å²) in [5.41, 5.74) is 21.4. The lowest BCUT2D eigenvalue weighted by atomic mass is 9.81. The number of benzene rings is 10. The molecule has 0 fully saturated rings. The number of halogens is 2. The molecule has 0 unspecified atom stereocenters. The summed E-state index contributed by atoms with van der Waals surface area (Å²) in [6.07, 6.45) is 0. The fourth-order valence-electron chi connectivity index (χ4n) is 11.1. The highest BCUT2D eigenvalue weighted by Gasteiger charge is 2.36. The molecule has 0 saturated heterocycles. The van der Waals surface area contributed by atoms with E-state index in [0.29, 0.717) is 0 Å². The van der Waals surface area contributed by atoms with Crippen molar-refractivity contribution in [1.82, 2.24) is 0 Å². The van der Waals surface area contributed by atoms with Gasteiger partial charge >= 0.3 is 0 Å². The molecule has 0 radical (unpaired) electrons. The van der Waals surface area contributed by atoms with E-state index in [1.165, 1.54) is 99.4 Å². The average Bonchev–Trinajstić information content (AvgIpc) is 3.71. The van der Waals surface area contributed by atoms with Crippen molar-refractivity contribution in [2.75, 3.05) is 4.90 Å². The molecule has 1 nitrogen and oxygen atoms in total. The third kappa shape index (κ3) is 6.31. The van der Waals surface area contributed by atoms with Crippen LogP contribution in [0.3, 0.4) is 0 Å². The second kappa shape index (κ2) is 15.0. The molecule has 0 saturated carbocycles. The van der Waals surface area contributed by atoms with Crippen LogP contribution in [0.2, 0.25) is 0 Å². The van der Waals surface area contributed by atoms with Crippen molar-refractivity contribution < 1.29 is 0 Å². The predicted octanol–water partition coefficient (Wildman–Crippen LogP) is 18.6. The second-order valence-electron chi connectivity index (χ2n) is 18.8. The molecule has 2 aliphatic carbocycles. The van der Waals surface area contributed by atoms with Crippen molar-refractivity contribution in [2.45, 2.75) is 38.5 Å². The minimum Gasteiger partial charge on any atom is -0.309 e. The Morgan fingerprint density at radius 2 is 0.723 bits per heavy atom. The molecule has 10 aromatic carbocycles. The molecule has 0 amide bonds. The number of nitrogens with zero attached hydrogens (tertiary/aromatic N) is 1. The zero-order chi connectivity index (χ0) is 44.2. The van der Waals surface area contributed by atoms with E-state index in [1.54, 1.807) is 0 Å². The van der Waals surface area contributed by atoms with Crippen LogP contribution in [0.1, 0.15) is 49.9 Å². The topological polar surface area (TPSA) is 3.24 Å². The predicted molar refractivity (Wildman–Crippen MR) is 283 cm³/mol. The third-order valence-electron chi connectivity index (χ3n) is 14.4. The van der Waals surface area contributed by atoms with Gasteiger partial charge in [0.25, 0.3) is 0 Å². The van der Waals surface area contributed by atoms with Gasteiger partial charge in [0.1, 0.15) is 0 Å². The molecule has 0 atom stereocenters. The monoisotopic (exact) mass is 961 g/mol. The van der Waals surface area contributed by atoms with Crippen LogP contribution in [0.25, 0.3) is 77.2 Å². The summed E-state index contributed by atoms with van der Waals surface area (Å²) in [5.74, 6) is 0. The van der Waals surface area contributed by atoms with E-state index in [0.717, 1.165) is 26.0 Å². The van der Waals surface area contributed by atoms with Crippen LogP contribution in [0, 0.1) is 0 Å². The minimum atomic E-state index is -0.0656. The minimum absolute atomic E-state index is 0.0656. The maximum atomic E-state index is 3.87. The van der Waals surface area contributed by atoms with Crippen molar-refractivity contribution in [3.05, 3.63) is 231 Å². The molecule has 0 aromatic heterocycles. The van der Waals surface area contributed by atoms with Gasteiger partial charge < -0.3 is 4.90 Å². The Hall–Kier alpha value is -6.52. The molecule has 0 spiro atoms. The largest absolute Gasteiger partial charge is 0.309 e. The quantitative estimate of drug-likeness (QED) is 0.150. The van der Waals surface area contributed by atoms with E-state index in [9.17, 15) is 0 Å². The lowest BCUT2D eigenvalue weighted by molar-refractivity contribution is 0.660. The number of fused-ring (bicyclic) bond motifs is 8. The van der Waals surface area contributed by atoms with Gasteiger partial charge in [0.05, 0.1) is 5.69 Å². The number of hydrogen-bond donors (Lipinski definition) is 0. The van der Waals surface area contributed by atoms with E-state index in [-0.39, 0.29) is 10.8 Å². The molecule has 0 aliphatic heterocycles. The summed E-state index contributed by atoms with van der Waals surface area (Å²) in [6, 6.07) is 74.5. The second-order valence-corrected chi connectivity index (χ2v) is 20.6. The van der Waals surface area contributed by atoms with Crippen molar-refractivity contribution in [1.29, 1.82) is 0 Å². The van der Waals surface area contributed by atoms with Gasteiger partial charge in [-0.3, -0.25) is 0 Å². The first-order valence-electron chi connectivity index (χ1n) is 22.5. The Labute approximate surface area is 398 Å². The fraction of sp³-hybridized carbons (Fsp3) is 0.0968. The Balaban J connectivity index is 1.03. The highest BCUT2D eigenvalue weighted by molar-refractivity contribution is 9.10. The molecule has 0 N–H and O–H groups in total. The summed E-state index contributed by atoms with van der Waals surface area (Å²) < 4.78 is 2.09. The SMILES string of the molecule is CC1(C)c2ccccc2-c2ccc(-c3ccc(N(c4ccc(-c5ccc6c(c5)C(C)(C)c5ccccc5-6)cc4)c4c5ccc(Br)cc5c(-c5ccccc5)c5cc(Br)ccc45)cc3)cc21. The van der Waals surface area contributed by atoms with Gasteiger partial charge in [-0.1, -0.05) is 199 Å². The van der Waals surface area contributed by atoms with E-state index >= 15 is 0 Å². The molecule has 0 heterocycles. The lowest BCUT2D eigenvalue weighted by Crippen LogP contribution is -2.14. The van der Waals surface area contributed by atoms with E-state index in [2.05, 4.69) is 265 Å². The molecule has 65 heavy (non-hydrogen) atoms. The zero-order valence-corrected chi connectivity index (χ0v) is 39.9. The van der Waals surface area contributed by atoms with Crippen LogP contribution >= 0.6 is 31.9 Å². The Bertz CT molecular complexity index is 3330. The van der Waals surface area contributed by atoms with Gasteiger partial charge in [0.2, 0.25) is 0 Å². The van der Waals surface area contributed by atoms with Crippen molar-refractivity contribution in [3.8, 4) is 55.6 Å². The Kier molecular flexibility index (Phi) is 9.25. The van der Waals surface area contributed by atoms with Gasteiger partial charge in [-0.25, -0.2) is 0 Å². The van der Waals surface area contributed by atoms with E-state index in [1.807, 2.05) is 0 Å². The van der Waals surface area contributed by atoms with Crippen LogP contribution in [0.4, 0.5) is 17.1 Å². The molecule has 0 bridgehead atoms. The number of rotatable bonds is 6. The first-order chi connectivity index (χ1) is 31.6. The third-order valence-corrected chi connectivity index (χ3v) is 15.4. The Morgan fingerprint density at radius 1 is 0.323 bits per heavy atom. The summed E-state index contributed by atoms with van der Waals surface area (Å²) in [7, 11) is 0. The molecular formula is C62H45Br2N. The lowest BCUT2D eigenvalue weighted by Gasteiger charge is -2.30. The summed E-state index contributed by atoms with van der Waals surface area (Å²) >= 11 is 7.75. The summed E-state index contributed by atoms with van der Waals surface area (Å²) in [6.45, 7) is 9.42. The van der Waals surface area contributed by atoms with Gasteiger partial charge in [-0.2, -0.15) is 0 Å². The van der Waals surface area contributed by atoms with Gasteiger partial charge in [-0.15, -0.1) is 0 Å². The smallest absolute Gasteiger partial charge is 0.0618 e. The molecule has 3 heteroatoms. The van der Waals surface area contributed by atoms with Crippen LogP contribution in [0.5, 0.6) is 0 Å². The molecular weight excluding hydrogens is 918 g/mol. The average molecular weight is 964 g/mol.